The van der Waals surface area contributed by atoms with Crippen LogP contribution in [0.4, 0.5) is 5.69 Å². The van der Waals surface area contributed by atoms with Gasteiger partial charge in [-0.15, -0.1) is 0 Å². The van der Waals surface area contributed by atoms with Crippen molar-refractivity contribution in [2.24, 2.45) is 0 Å². The fourth-order valence-corrected chi connectivity index (χ4v) is 1.57. The Balaban J connectivity index is 2.38. The fourth-order valence-electron chi connectivity index (χ4n) is 1.57. The number of rotatable bonds is 3. The van der Waals surface area contributed by atoms with Crippen LogP contribution in [0.15, 0.2) is 47.1 Å². The van der Waals surface area contributed by atoms with E-state index in [1.807, 2.05) is 24.3 Å². The van der Waals surface area contributed by atoms with Crippen molar-refractivity contribution < 1.29 is 4.42 Å². The fraction of sp³-hybridized carbons (Fsp3) is 0.231. The minimum atomic E-state index is 0.418. The standard InChI is InChI=1S/C13H15NO/c1-10(2)14-12-7-4-3-6-11(12)13-8-5-9-15-13/h3-10,14H,1-2H3. The van der Waals surface area contributed by atoms with Crippen molar-refractivity contribution in [2.75, 3.05) is 5.32 Å². The van der Waals surface area contributed by atoms with Gasteiger partial charge in [-0.05, 0) is 38.1 Å². The Labute approximate surface area is 89.9 Å². The van der Waals surface area contributed by atoms with Crippen LogP contribution in [0.2, 0.25) is 0 Å². The van der Waals surface area contributed by atoms with Crippen molar-refractivity contribution in [3.8, 4) is 11.3 Å². The van der Waals surface area contributed by atoms with Gasteiger partial charge in [0.2, 0.25) is 0 Å². The van der Waals surface area contributed by atoms with E-state index < -0.39 is 0 Å². The second-order valence-electron chi connectivity index (χ2n) is 3.82. The summed E-state index contributed by atoms with van der Waals surface area (Å²) in [4.78, 5) is 0. The van der Waals surface area contributed by atoms with Gasteiger partial charge in [-0.1, -0.05) is 12.1 Å². The highest BCUT2D eigenvalue weighted by Crippen LogP contribution is 2.28. The normalized spacial score (nSPS) is 10.6. The summed E-state index contributed by atoms with van der Waals surface area (Å²) in [5.74, 6) is 0.902. The minimum Gasteiger partial charge on any atom is -0.464 e. The predicted octanol–water partition coefficient (Wildman–Crippen LogP) is 3.77. The first kappa shape index (κ1) is 9.84. The Hall–Kier alpha value is -1.70. The molecule has 78 valence electrons. The SMILES string of the molecule is CC(C)Nc1ccccc1-c1ccco1. The van der Waals surface area contributed by atoms with E-state index in [0.717, 1.165) is 17.0 Å². The van der Waals surface area contributed by atoms with Gasteiger partial charge >= 0.3 is 0 Å². The molecule has 0 aliphatic rings. The molecule has 0 aliphatic heterocycles. The number of hydrogen-bond donors (Lipinski definition) is 1. The van der Waals surface area contributed by atoms with Gasteiger partial charge in [0.15, 0.2) is 0 Å². The zero-order valence-electron chi connectivity index (χ0n) is 9.03. The molecule has 0 saturated heterocycles. The van der Waals surface area contributed by atoms with E-state index in [1.54, 1.807) is 6.26 Å². The molecule has 1 N–H and O–H groups in total. The van der Waals surface area contributed by atoms with Crippen molar-refractivity contribution in [1.29, 1.82) is 0 Å². The van der Waals surface area contributed by atoms with E-state index >= 15 is 0 Å². The molecule has 1 aromatic heterocycles. The first-order valence-electron chi connectivity index (χ1n) is 5.17. The summed E-state index contributed by atoms with van der Waals surface area (Å²) in [6.07, 6.45) is 1.70. The lowest BCUT2D eigenvalue weighted by molar-refractivity contribution is 0.582. The van der Waals surface area contributed by atoms with Gasteiger partial charge in [-0.3, -0.25) is 0 Å². The maximum atomic E-state index is 5.40. The van der Waals surface area contributed by atoms with E-state index in [1.165, 1.54) is 0 Å². The van der Waals surface area contributed by atoms with Crippen molar-refractivity contribution in [2.45, 2.75) is 19.9 Å². The first-order chi connectivity index (χ1) is 7.27. The van der Waals surface area contributed by atoms with E-state index in [9.17, 15) is 0 Å². The second kappa shape index (κ2) is 4.22. The molecule has 2 heteroatoms. The summed E-state index contributed by atoms with van der Waals surface area (Å²) in [5.41, 5.74) is 2.22. The molecule has 0 bridgehead atoms. The van der Waals surface area contributed by atoms with Gasteiger partial charge in [-0.2, -0.15) is 0 Å². The van der Waals surface area contributed by atoms with Crippen LogP contribution >= 0.6 is 0 Å². The number of benzene rings is 1. The summed E-state index contributed by atoms with van der Waals surface area (Å²) in [7, 11) is 0. The smallest absolute Gasteiger partial charge is 0.135 e. The van der Waals surface area contributed by atoms with Crippen LogP contribution < -0.4 is 5.32 Å². The van der Waals surface area contributed by atoms with Crippen molar-refractivity contribution >= 4 is 5.69 Å². The largest absolute Gasteiger partial charge is 0.464 e. The average Bonchev–Trinajstić information content (AvgIpc) is 2.70. The van der Waals surface area contributed by atoms with Gasteiger partial charge in [0.1, 0.15) is 5.76 Å². The number of hydrogen-bond acceptors (Lipinski definition) is 2. The van der Waals surface area contributed by atoms with Gasteiger partial charge in [0.05, 0.1) is 6.26 Å². The highest BCUT2D eigenvalue weighted by Gasteiger charge is 2.06. The van der Waals surface area contributed by atoms with E-state index in [-0.39, 0.29) is 0 Å². The molecule has 1 heterocycles. The molecule has 0 unspecified atom stereocenters. The summed E-state index contributed by atoms with van der Waals surface area (Å²) < 4.78 is 5.40. The molecule has 2 nitrogen and oxygen atoms in total. The third-order valence-corrected chi connectivity index (χ3v) is 2.16. The monoisotopic (exact) mass is 201 g/mol. The molecule has 1 aromatic carbocycles. The van der Waals surface area contributed by atoms with Crippen LogP contribution in [-0.2, 0) is 0 Å². The molecular weight excluding hydrogens is 186 g/mol. The molecule has 2 rings (SSSR count). The first-order valence-corrected chi connectivity index (χ1v) is 5.17. The number of nitrogens with one attached hydrogen (secondary N) is 1. The molecule has 0 saturated carbocycles. The van der Waals surface area contributed by atoms with Crippen LogP contribution in [0, 0.1) is 0 Å². The quantitative estimate of drug-likeness (QED) is 0.817. The Bertz CT molecular complexity index is 418. The van der Waals surface area contributed by atoms with Crippen molar-refractivity contribution in [3.63, 3.8) is 0 Å². The van der Waals surface area contributed by atoms with E-state index in [0.29, 0.717) is 6.04 Å². The van der Waals surface area contributed by atoms with Gasteiger partial charge in [0.25, 0.3) is 0 Å². The lowest BCUT2D eigenvalue weighted by Crippen LogP contribution is -2.10. The number of anilines is 1. The molecular formula is C13H15NO. The van der Waals surface area contributed by atoms with Gasteiger partial charge in [0, 0.05) is 17.3 Å². The van der Waals surface area contributed by atoms with Gasteiger partial charge in [-0.25, -0.2) is 0 Å². The van der Waals surface area contributed by atoms with Crippen LogP contribution in [0.5, 0.6) is 0 Å². The molecule has 0 fully saturated rings. The number of para-hydroxylation sites is 1. The summed E-state index contributed by atoms with van der Waals surface area (Å²) in [6.45, 7) is 4.25. The third-order valence-electron chi connectivity index (χ3n) is 2.16. The van der Waals surface area contributed by atoms with Crippen molar-refractivity contribution in [3.05, 3.63) is 42.7 Å². The summed E-state index contributed by atoms with van der Waals surface area (Å²) in [6, 6.07) is 12.5. The zero-order valence-corrected chi connectivity index (χ0v) is 9.03. The third kappa shape index (κ3) is 2.21. The zero-order chi connectivity index (χ0) is 10.7. The molecule has 2 aromatic rings. The lowest BCUT2D eigenvalue weighted by Gasteiger charge is -2.13. The molecule has 0 atom stereocenters. The van der Waals surface area contributed by atoms with E-state index in [2.05, 4.69) is 31.3 Å². The Morgan fingerprint density at radius 3 is 2.53 bits per heavy atom. The molecule has 0 aliphatic carbocycles. The minimum absolute atomic E-state index is 0.418. The molecule has 0 radical (unpaired) electrons. The molecule has 0 spiro atoms. The topological polar surface area (TPSA) is 25.2 Å². The van der Waals surface area contributed by atoms with Crippen LogP contribution in [-0.4, -0.2) is 6.04 Å². The lowest BCUT2D eigenvalue weighted by atomic mass is 10.1. The average molecular weight is 201 g/mol. The van der Waals surface area contributed by atoms with Crippen LogP contribution in [0.3, 0.4) is 0 Å². The van der Waals surface area contributed by atoms with Crippen LogP contribution in [0.1, 0.15) is 13.8 Å². The Morgan fingerprint density at radius 1 is 1.07 bits per heavy atom. The maximum absolute atomic E-state index is 5.40. The summed E-state index contributed by atoms with van der Waals surface area (Å²) >= 11 is 0. The van der Waals surface area contributed by atoms with Gasteiger partial charge < -0.3 is 9.73 Å². The Morgan fingerprint density at radius 2 is 1.87 bits per heavy atom. The molecule has 15 heavy (non-hydrogen) atoms. The second-order valence-corrected chi connectivity index (χ2v) is 3.82. The highest BCUT2D eigenvalue weighted by molar-refractivity contribution is 5.74. The van der Waals surface area contributed by atoms with Crippen LogP contribution in [0.25, 0.3) is 11.3 Å². The van der Waals surface area contributed by atoms with E-state index in [4.69, 9.17) is 4.42 Å². The summed E-state index contributed by atoms with van der Waals surface area (Å²) in [5, 5.41) is 3.40. The Kier molecular flexibility index (Phi) is 2.77. The maximum Gasteiger partial charge on any atom is 0.135 e. The highest BCUT2D eigenvalue weighted by atomic mass is 16.3. The van der Waals surface area contributed by atoms with Crippen molar-refractivity contribution in [1.82, 2.24) is 0 Å². The predicted molar refractivity (Wildman–Crippen MR) is 62.9 cm³/mol. The number of furan rings is 1. The molecule has 0 amide bonds.